The molecule has 2 unspecified atom stereocenters. The molecule has 7 heteroatoms. The number of nitrogens with one attached hydrogen (secondary N) is 1. The van der Waals surface area contributed by atoms with Crippen LogP contribution in [0.25, 0.3) is 0 Å². The van der Waals surface area contributed by atoms with Gasteiger partial charge in [-0.3, -0.25) is 4.90 Å². The predicted molar refractivity (Wildman–Crippen MR) is 108 cm³/mol. The maximum absolute atomic E-state index is 5.97. The Balaban J connectivity index is 0.00000261. The van der Waals surface area contributed by atoms with Crippen LogP contribution >= 0.6 is 12.4 Å². The van der Waals surface area contributed by atoms with Crippen molar-refractivity contribution in [3.8, 4) is 11.5 Å². The Kier molecular flexibility index (Phi) is 7.53. The van der Waals surface area contributed by atoms with Gasteiger partial charge >= 0.3 is 0 Å². The largest absolute Gasteiger partial charge is 0.493 e. The van der Waals surface area contributed by atoms with Gasteiger partial charge in [-0.25, -0.2) is 0 Å². The van der Waals surface area contributed by atoms with Crippen LogP contribution in [-0.4, -0.2) is 42.3 Å². The Morgan fingerprint density at radius 1 is 1.26 bits per heavy atom. The number of hydrogen-bond donors (Lipinski definition) is 1. The van der Waals surface area contributed by atoms with Gasteiger partial charge in [0.1, 0.15) is 12.4 Å². The van der Waals surface area contributed by atoms with Gasteiger partial charge in [0, 0.05) is 31.7 Å². The SMILES string of the molecule is COc1cc(CN2CC(C)NCC2C)ccc1OCc1c(C)noc1C.Cl. The van der Waals surface area contributed by atoms with Gasteiger partial charge in [0.25, 0.3) is 0 Å². The molecule has 3 rings (SSSR count). The van der Waals surface area contributed by atoms with E-state index in [2.05, 4.69) is 41.4 Å². The number of nitrogens with zero attached hydrogens (tertiary/aromatic N) is 2. The van der Waals surface area contributed by atoms with Crippen LogP contribution in [-0.2, 0) is 13.2 Å². The Morgan fingerprint density at radius 2 is 2.04 bits per heavy atom. The van der Waals surface area contributed by atoms with Crippen molar-refractivity contribution in [2.24, 2.45) is 0 Å². The van der Waals surface area contributed by atoms with Crippen molar-refractivity contribution in [2.75, 3.05) is 20.2 Å². The molecule has 2 atom stereocenters. The molecule has 27 heavy (non-hydrogen) atoms. The maximum atomic E-state index is 5.97. The molecule has 1 aliphatic heterocycles. The summed E-state index contributed by atoms with van der Waals surface area (Å²) in [7, 11) is 1.68. The molecule has 0 amide bonds. The van der Waals surface area contributed by atoms with Crippen LogP contribution in [0.1, 0.15) is 36.4 Å². The van der Waals surface area contributed by atoms with Gasteiger partial charge in [0.2, 0.25) is 0 Å². The summed E-state index contributed by atoms with van der Waals surface area (Å²) in [5.74, 6) is 2.28. The molecule has 1 aromatic heterocycles. The second-order valence-electron chi connectivity index (χ2n) is 7.16. The third-order valence-electron chi connectivity index (χ3n) is 5.06. The van der Waals surface area contributed by atoms with E-state index in [1.807, 2.05) is 19.9 Å². The first-order chi connectivity index (χ1) is 12.5. The summed E-state index contributed by atoms with van der Waals surface area (Å²) in [5, 5.41) is 7.49. The quantitative estimate of drug-likeness (QED) is 0.808. The summed E-state index contributed by atoms with van der Waals surface area (Å²) < 4.78 is 16.7. The molecule has 1 aliphatic rings. The van der Waals surface area contributed by atoms with E-state index in [0.29, 0.717) is 18.7 Å². The normalized spacial score (nSPS) is 20.2. The average Bonchev–Trinajstić information content (AvgIpc) is 2.95. The molecule has 2 aromatic rings. The molecule has 1 N–H and O–H groups in total. The highest BCUT2D eigenvalue weighted by Crippen LogP contribution is 2.30. The smallest absolute Gasteiger partial charge is 0.161 e. The summed E-state index contributed by atoms with van der Waals surface area (Å²) >= 11 is 0. The summed E-state index contributed by atoms with van der Waals surface area (Å²) in [6.07, 6.45) is 0. The lowest BCUT2D eigenvalue weighted by molar-refractivity contribution is 0.138. The number of methoxy groups -OCH3 is 1. The summed E-state index contributed by atoms with van der Waals surface area (Å²) in [6, 6.07) is 7.22. The molecule has 1 aromatic carbocycles. The van der Waals surface area contributed by atoms with E-state index < -0.39 is 0 Å². The molecule has 1 saturated heterocycles. The number of rotatable bonds is 6. The Hall–Kier alpha value is -1.76. The maximum Gasteiger partial charge on any atom is 0.161 e. The van der Waals surface area contributed by atoms with Crippen LogP contribution < -0.4 is 14.8 Å². The molecule has 1 fully saturated rings. The average molecular weight is 396 g/mol. The molecular weight excluding hydrogens is 366 g/mol. The Morgan fingerprint density at radius 3 is 2.70 bits per heavy atom. The van der Waals surface area contributed by atoms with Gasteiger partial charge in [-0.1, -0.05) is 11.2 Å². The van der Waals surface area contributed by atoms with Gasteiger partial charge in [0.05, 0.1) is 18.4 Å². The highest BCUT2D eigenvalue weighted by molar-refractivity contribution is 5.85. The number of halogens is 1. The fourth-order valence-corrected chi connectivity index (χ4v) is 3.34. The van der Waals surface area contributed by atoms with Crippen molar-refractivity contribution in [3.05, 3.63) is 40.8 Å². The van der Waals surface area contributed by atoms with E-state index in [1.54, 1.807) is 7.11 Å². The zero-order chi connectivity index (χ0) is 18.7. The van der Waals surface area contributed by atoms with Crippen LogP contribution in [0.15, 0.2) is 22.7 Å². The van der Waals surface area contributed by atoms with E-state index in [4.69, 9.17) is 14.0 Å². The van der Waals surface area contributed by atoms with Crippen LogP contribution in [0, 0.1) is 13.8 Å². The number of hydrogen-bond acceptors (Lipinski definition) is 6. The first kappa shape index (κ1) is 21.5. The highest BCUT2D eigenvalue weighted by Gasteiger charge is 2.22. The topological polar surface area (TPSA) is 59.8 Å². The van der Waals surface area contributed by atoms with Crippen LogP contribution in [0.3, 0.4) is 0 Å². The van der Waals surface area contributed by atoms with Crippen LogP contribution in [0.2, 0.25) is 0 Å². The van der Waals surface area contributed by atoms with E-state index in [0.717, 1.165) is 48.2 Å². The van der Waals surface area contributed by atoms with Gasteiger partial charge in [-0.05, 0) is 45.4 Å². The van der Waals surface area contributed by atoms with E-state index in [-0.39, 0.29) is 12.4 Å². The minimum atomic E-state index is 0. The lowest BCUT2D eigenvalue weighted by atomic mass is 10.1. The molecular formula is C20H30ClN3O3. The van der Waals surface area contributed by atoms with Crippen molar-refractivity contribution >= 4 is 12.4 Å². The lowest BCUT2D eigenvalue weighted by Gasteiger charge is -2.37. The second kappa shape index (κ2) is 9.44. The molecule has 0 bridgehead atoms. The zero-order valence-corrected chi connectivity index (χ0v) is 17.6. The molecule has 0 spiro atoms. The first-order valence-electron chi connectivity index (χ1n) is 9.16. The molecule has 0 radical (unpaired) electrons. The third kappa shape index (κ3) is 5.15. The summed E-state index contributed by atoms with van der Waals surface area (Å²) in [5.41, 5.74) is 3.08. The summed E-state index contributed by atoms with van der Waals surface area (Å²) in [4.78, 5) is 2.50. The van der Waals surface area contributed by atoms with Crippen LogP contribution in [0.5, 0.6) is 11.5 Å². The second-order valence-corrected chi connectivity index (χ2v) is 7.16. The molecule has 0 aliphatic carbocycles. The van der Waals surface area contributed by atoms with E-state index >= 15 is 0 Å². The number of aryl methyl sites for hydroxylation is 2. The molecule has 150 valence electrons. The number of piperazine rings is 1. The highest BCUT2D eigenvalue weighted by atomic mass is 35.5. The van der Waals surface area contributed by atoms with E-state index in [9.17, 15) is 0 Å². The molecule has 0 saturated carbocycles. The number of benzene rings is 1. The number of ether oxygens (including phenoxy) is 2. The zero-order valence-electron chi connectivity index (χ0n) is 16.7. The van der Waals surface area contributed by atoms with Crippen molar-refractivity contribution < 1.29 is 14.0 Å². The minimum absolute atomic E-state index is 0. The van der Waals surface area contributed by atoms with Gasteiger partial charge in [-0.15, -0.1) is 12.4 Å². The predicted octanol–water partition coefficient (Wildman–Crippen LogP) is 3.48. The fraction of sp³-hybridized carbons (Fsp3) is 0.550. The fourth-order valence-electron chi connectivity index (χ4n) is 3.34. The lowest BCUT2D eigenvalue weighted by Crippen LogP contribution is -2.53. The first-order valence-corrected chi connectivity index (χ1v) is 9.16. The van der Waals surface area contributed by atoms with Gasteiger partial charge < -0.3 is 19.3 Å². The van der Waals surface area contributed by atoms with E-state index in [1.165, 1.54) is 5.56 Å². The van der Waals surface area contributed by atoms with Gasteiger partial charge in [-0.2, -0.15) is 0 Å². The minimum Gasteiger partial charge on any atom is -0.493 e. The van der Waals surface area contributed by atoms with Crippen molar-refractivity contribution in [3.63, 3.8) is 0 Å². The Bertz CT molecular complexity index is 731. The van der Waals surface area contributed by atoms with Crippen molar-refractivity contribution in [2.45, 2.75) is 52.9 Å². The standard InChI is InChI=1S/C20H29N3O3.ClH/c1-13-10-23(14(2)9-21-13)11-17-6-7-19(20(8-17)24-5)25-12-18-15(3)22-26-16(18)4;/h6-8,13-14,21H,9-12H2,1-5H3;1H. The Labute approximate surface area is 167 Å². The van der Waals surface area contributed by atoms with Crippen molar-refractivity contribution in [1.82, 2.24) is 15.4 Å². The molecule has 6 nitrogen and oxygen atoms in total. The summed E-state index contributed by atoms with van der Waals surface area (Å²) in [6.45, 7) is 11.7. The number of aromatic nitrogens is 1. The van der Waals surface area contributed by atoms with Crippen LogP contribution in [0.4, 0.5) is 0 Å². The van der Waals surface area contributed by atoms with Gasteiger partial charge in [0.15, 0.2) is 11.5 Å². The molecule has 2 heterocycles. The monoisotopic (exact) mass is 395 g/mol. The third-order valence-corrected chi connectivity index (χ3v) is 5.06. The van der Waals surface area contributed by atoms with Crippen molar-refractivity contribution in [1.29, 1.82) is 0 Å².